The molecule has 0 aliphatic carbocycles. The number of methoxy groups -OCH3 is 1. The summed E-state index contributed by atoms with van der Waals surface area (Å²) in [6.45, 7) is 2.85. The van der Waals surface area contributed by atoms with Crippen molar-refractivity contribution >= 4 is 29.1 Å². The second-order valence-corrected chi connectivity index (χ2v) is 5.15. The van der Waals surface area contributed by atoms with Crippen molar-refractivity contribution in [2.24, 2.45) is 0 Å². The fourth-order valence-corrected chi connectivity index (χ4v) is 2.34. The molecule has 1 aromatic carbocycles. The molecule has 1 aliphatic heterocycles. The number of nitrogens with one attached hydrogen (secondary N) is 1. The number of ether oxygens (including phenoxy) is 2. The monoisotopic (exact) mass is 321 g/mol. The lowest BCUT2D eigenvalue weighted by atomic mass is 10.3. The van der Waals surface area contributed by atoms with Crippen molar-refractivity contribution in [2.75, 3.05) is 43.6 Å². The number of hydrogen-bond acceptors (Lipinski definition) is 7. The van der Waals surface area contributed by atoms with Crippen molar-refractivity contribution in [3.8, 4) is 5.75 Å². The van der Waals surface area contributed by atoms with Gasteiger partial charge in [-0.05, 0) is 18.2 Å². The van der Waals surface area contributed by atoms with Gasteiger partial charge >= 0.3 is 0 Å². The molecule has 0 atom stereocenters. The average molecular weight is 322 g/mol. The molecule has 0 amide bonds. The molecule has 0 spiro atoms. The minimum Gasteiger partial charge on any atom is -0.495 e. The Bertz CT molecular complexity index is 649. The number of aromatic nitrogens is 3. The van der Waals surface area contributed by atoms with Crippen LogP contribution in [0.1, 0.15) is 0 Å². The molecule has 8 heteroatoms. The molecular formula is C14H16ClN5O2. The highest BCUT2D eigenvalue weighted by Gasteiger charge is 2.15. The molecule has 1 aliphatic rings. The van der Waals surface area contributed by atoms with E-state index in [9.17, 15) is 0 Å². The van der Waals surface area contributed by atoms with Crippen molar-refractivity contribution in [1.82, 2.24) is 15.2 Å². The van der Waals surface area contributed by atoms with Crippen molar-refractivity contribution in [1.29, 1.82) is 0 Å². The topological polar surface area (TPSA) is 72.4 Å². The smallest absolute Gasteiger partial charge is 0.247 e. The summed E-state index contributed by atoms with van der Waals surface area (Å²) in [6, 6.07) is 5.34. The lowest BCUT2D eigenvalue weighted by Gasteiger charge is -2.26. The predicted octanol–water partition coefficient (Wildman–Crippen LogP) is 2.11. The largest absolute Gasteiger partial charge is 0.495 e. The highest BCUT2D eigenvalue weighted by Crippen LogP contribution is 2.30. The first kappa shape index (κ1) is 14.8. The summed E-state index contributed by atoms with van der Waals surface area (Å²) in [7, 11) is 1.60. The maximum Gasteiger partial charge on any atom is 0.247 e. The Kier molecular flexibility index (Phi) is 4.55. The maximum absolute atomic E-state index is 6.03. The molecule has 116 valence electrons. The van der Waals surface area contributed by atoms with E-state index in [0.29, 0.717) is 35.8 Å². The Morgan fingerprint density at radius 1 is 1.32 bits per heavy atom. The number of morpholine rings is 1. The zero-order valence-electron chi connectivity index (χ0n) is 12.1. The van der Waals surface area contributed by atoms with Gasteiger partial charge in [0.05, 0.1) is 32.2 Å². The quantitative estimate of drug-likeness (QED) is 0.924. The third-order valence-electron chi connectivity index (χ3n) is 3.27. The van der Waals surface area contributed by atoms with Gasteiger partial charge in [-0.2, -0.15) is 10.1 Å². The van der Waals surface area contributed by atoms with Crippen LogP contribution >= 0.6 is 11.6 Å². The standard InChI is InChI=1S/C14H16ClN5O2/c1-21-12-3-2-10(15)8-11(12)17-13-9-16-19-14(18-13)20-4-6-22-7-5-20/h2-3,8-9H,4-7H2,1H3,(H,17,18,19). The van der Waals surface area contributed by atoms with Crippen LogP contribution in [-0.2, 0) is 4.74 Å². The first-order valence-electron chi connectivity index (χ1n) is 6.89. The molecule has 0 bridgehead atoms. The van der Waals surface area contributed by atoms with Crippen molar-refractivity contribution in [2.45, 2.75) is 0 Å². The van der Waals surface area contributed by atoms with E-state index in [4.69, 9.17) is 21.1 Å². The molecule has 0 radical (unpaired) electrons. The molecule has 2 heterocycles. The van der Waals surface area contributed by atoms with Gasteiger partial charge in [-0.15, -0.1) is 5.10 Å². The van der Waals surface area contributed by atoms with Gasteiger partial charge in [0.2, 0.25) is 5.95 Å². The number of benzene rings is 1. The van der Waals surface area contributed by atoms with Crippen LogP contribution in [0.5, 0.6) is 5.75 Å². The summed E-state index contributed by atoms with van der Waals surface area (Å²) in [5, 5.41) is 11.9. The minimum atomic E-state index is 0.578. The summed E-state index contributed by atoms with van der Waals surface area (Å²) in [4.78, 5) is 6.52. The van der Waals surface area contributed by atoms with E-state index >= 15 is 0 Å². The van der Waals surface area contributed by atoms with Crippen LogP contribution in [0, 0.1) is 0 Å². The third kappa shape index (κ3) is 3.37. The fourth-order valence-electron chi connectivity index (χ4n) is 2.17. The summed E-state index contributed by atoms with van der Waals surface area (Å²) in [6.07, 6.45) is 1.56. The first-order valence-corrected chi connectivity index (χ1v) is 7.27. The lowest BCUT2D eigenvalue weighted by Crippen LogP contribution is -2.37. The van der Waals surface area contributed by atoms with E-state index in [1.54, 1.807) is 31.5 Å². The molecule has 1 fully saturated rings. The Hall–Kier alpha value is -2.12. The second kappa shape index (κ2) is 6.76. The van der Waals surface area contributed by atoms with Gasteiger partial charge in [0.25, 0.3) is 0 Å². The SMILES string of the molecule is COc1ccc(Cl)cc1Nc1cnnc(N2CCOCC2)n1. The molecule has 22 heavy (non-hydrogen) atoms. The van der Waals surface area contributed by atoms with Gasteiger partial charge < -0.3 is 19.7 Å². The van der Waals surface area contributed by atoms with Crippen molar-refractivity contribution < 1.29 is 9.47 Å². The second-order valence-electron chi connectivity index (χ2n) is 4.71. The molecule has 2 aromatic rings. The Morgan fingerprint density at radius 2 is 2.14 bits per heavy atom. The molecule has 0 unspecified atom stereocenters. The van der Waals surface area contributed by atoms with E-state index in [1.165, 1.54) is 0 Å². The normalized spacial score (nSPS) is 14.7. The number of hydrogen-bond donors (Lipinski definition) is 1. The number of anilines is 3. The van der Waals surface area contributed by atoms with E-state index in [1.807, 2.05) is 4.90 Å². The summed E-state index contributed by atoms with van der Waals surface area (Å²) in [5.74, 6) is 1.84. The Labute approximate surface area is 133 Å². The molecule has 1 N–H and O–H groups in total. The lowest BCUT2D eigenvalue weighted by molar-refractivity contribution is 0.122. The zero-order chi connectivity index (χ0) is 15.4. The van der Waals surface area contributed by atoms with Gasteiger partial charge in [-0.25, -0.2) is 0 Å². The van der Waals surface area contributed by atoms with Crippen LogP contribution in [0.25, 0.3) is 0 Å². The summed E-state index contributed by atoms with van der Waals surface area (Å²) >= 11 is 6.03. The number of rotatable bonds is 4. The highest BCUT2D eigenvalue weighted by molar-refractivity contribution is 6.31. The predicted molar refractivity (Wildman–Crippen MR) is 84.1 cm³/mol. The zero-order valence-corrected chi connectivity index (χ0v) is 12.9. The van der Waals surface area contributed by atoms with Gasteiger partial charge in [-0.1, -0.05) is 11.6 Å². The average Bonchev–Trinajstić information content (AvgIpc) is 2.56. The molecule has 3 rings (SSSR count). The van der Waals surface area contributed by atoms with E-state index in [2.05, 4.69) is 20.5 Å². The molecule has 0 saturated carbocycles. The van der Waals surface area contributed by atoms with Crippen molar-refractivity contribution in [3.05, 3.63) is 29.4 Å². The van der Waals surface area contributed by atoms with Crippen molar-refractivity contribution in [3.63, 3.8) is 0 Å². The van der Waals surface area contributed by atoms with Gasteiger partial charge in [0, 0.05) is 18.1 Å². The Balaban J connectivity index is 1.82. The van der Waals surface area contributed by atoms with Gasteiger partial charge in [-0.3, -0.25) is 0 Å². The Morgan fingerprint density at radius 3 is 2.91 bits per heavy atom. The summed E-state index contributed by atoms with van der Waals surface area (Å²) in [5.41, 5.74) is 0.725. The first-order chi connectivity index (χ1) is 10.8. The van der Waals surface area contributed by atoms with Crippen LogP contribution in [-0.4, -0.2) is 48.6 Å². The van der Waals surface area contributed by atoms with E-state index in [-0.39, 0.29) is 0 Å². The highest BCUT2D eigenvalue weighted by atomic mass is 35.5. The van der Waals surface area contributed by atoms with Crippen LogP contribution in [0.4, 0.5) is 17.5 Å². The van der Waals surface area contributed by atoms with Crippen LogP contribution in [0.3, 0.4) is 0 Å². The minimum absolute atomic E-state index is 0.578. The third-order valence-corrected chi connectivity index (χ3v) is 3.50. The fraction of sp³-hybridized carbons (Fsp3) is 0.357. The van der Waals surface area contributed by atoms with Gasteiger partial charge in [0.1, 0.15) is 5.75 Å². The van der Waals surface area contributed by atoms with Crippen LogP contribution in [0.15, 0.2) is 24.4 Å². The molecule has 1 aromatic heterocycles. The number of nitrogens with zero attached hydrogens (tertiary/aromatic N) is 4. The van der Waals surface area contributed by atoms with E-state index in [0.717, 1.165) is 18.8 Å². The molecule has 7 nitrogen and oxygen atoms in total. The summed E-state index contributed by atoms with van der Waals surface area (Å²) < 4.78 is 10.6. The number of halogens is 1. The van der Waals surface area contributed by atoms with Gasteiger partial charge in [0.15, 0.2) is 5.82 Å². The molecule has 1 saturated heterocycles. The molecular weight excluding hydrogens is 306 g/mol. The van der Waals surface area contributed by atoms with E-state index < -0.39 is 0 Å². The van der Waals surface area contributed by atoms with Crippen LogP contribution < -0.4 is 15.0 Å². The van der Waals surface area contributed by atoms with Crippen LogP contribution in [0.2, 0.25) is 5.02 Å². The maximum atomic E-state index is 6.03.